The fourth-order valence-corrected chi connectivity index (χ4v) is 6.72. The van der Waals surface area contributed by atoms with Crippen LogP contribution >= 0.6 is 0 Å². The van der Waals surface area contributed by atoms with Crippen LogP contribution in [0.3, 0.4) is 0 Å². The van der Waals surface area contributed by atoms with Crippen LogP contribution in [0.1, 0.15) is 29.5 Å². The molecule has 3 fully saturated rings. The average Bonchev–Trinajstić information content (AvgIpc) is 3.05. The number of nitrogens with zero attached hydrogens (tertiary/aromatic N) is 4. The zero-order valence-corrected chi connectivity index (χ0v) is 19.5. The molecule has 1 spiro atoms. The molecule has 2 aromatic rings. The second-order valence-corrected chi connectivity index (χ2v) is 10.6. The van der Waals surface area contributed by atoms with E-state index in [1.165, 1.54) is 25.9 Å². The van der Waals surface area contributed by atoms with E-state index in [0.717, 1.165) is 48.6 Å². The second-order valence-electron chi connectivity index (χ2n) is 10.6. The fourth-order valence-electron chi connectivity index (χ4n) is 6.72. The summed E-state index contributed by atoms with van der Waals surface area (Å²) in [6.45, 7) is 16.1. The van der Waals surface area contributed by atoms with Crippen molar-refractivity contribution in [1.29, 1.82) is 0 Å². The third-order valence-electron chi connectivity index (χ3n) is 8.55. The molecule has 3 heterocycles. The first-order chi connectivity index (χ1) is 15.9. The van der Waals surface area contributed by atoms with Crippen LogP contribution in [-0.2, 0) is 10.3 Å². The molecule has 2 saturated heterocycles. The first-order valence-corrected chi connectivity index (χ1v) is 12.0. The molecule has 1 atom stereocenters. The van der Waals surface area contributed by atoms with Gasteiger partial charge >= 0.3 is 0 Å². The van der Waals surface area contributed by atoms with Crippen molar-refractivity contribution in [3.05, 3.63) is 70.6 Å². The van der Waals surface area contributed by atoms with Gasteiger partial charge in [0.25, 0.3) is 5.91 Å². The predicted molar refractivity (Wildman–Crippen MR) is 129 cm³/mol. The molecule has 0 bridgehead atoms. The lowest BCUT2D eigenvalue weighted by molar-refractivity contribution is -0.158. The van der Waals surface area contributed by atoms with Crippen LogP contribution in [0.15, 0.2) is 42.5 Å². The Morgan fingerprint density at radius 2 is 1.76 bits per heavy atom. The van der Waals surface area contributed by atoms with E-state index in [4.69, 9.17) is 6.57 Å². The summed E-state index contributed by atoms with van der Waals surface area (Å²) < 4.78 is 0. The maximum absolute atomic E-state index is 13.8. The summed E-state index contributed by atoms with van der Waals surface area (Å²) in [5.41, 5.74) is 3.96. The number of anilines is 1. The minimum atomic E-state index is -0.856. The van der Waals surface area contributed by atoms with Crippen molar-refractivity contribution in [3.63, 3.8) is 0 Å². The molecule has 0 aromatic heterocycles. The summed E-state index contributed by atoms with van der Waals surface area (Å²) in [7, 11) is 2.21. The molecule has 4 aliphatic rings. The van der Waals surface area contributed by atoms with Crippen molar-refractivity contribution in [1.82, 2.24) is 14.7 Å². The molecule has 0 radical (unpaired) electrons. The molecule has 170 valence electrons. The van der Waals surface area contributed by atoms with Gasteiger partial charge in [0.1, 0.15) is 0 Å². The summed E-state index contributed by atoms with van der Waals surface area (Å²) in [5, 5.41) is 3.15. The molecule has 1 aliphatic carbocycles. The zero-order valence-electron chi connectivity index (χ0n) is 19.5. The first-order valence-electron chi connectivity index (χ1n) is 12.0. The van der Waals surface area contributed by atoms with Gasteiger partial charge in [-0.1, -0.05) is 30.3 Å². The number of likely N-dealkylation sites (tertiary alicyclic amines) is 1. The van der Waals surface area contributed by atoms with E-state index in [2.05, 4.69) is 51.0 Å². The lowest BCUT2D eigenvalue weighted by atomic mass is 9.58. The fraction of sp³-hybridized carbons (Fsp3) is 0.481. The van der Waals surface area contributed by atoms with Gasteiger partial charge in [0.15, 0.2) is 11.2 Å². The Morgan fingerprint density at radius 3 is 2.45 bits per heavy atom. The second kappa shape index (κ2) is 7.39. The Bertz CT molecular complexity index is 1150. The quantitative estimate of drug-likeness (QED) is 0.741. The Balaban J connectivity index is 1.31. The number of fused-ring (bicyclic) bond motifs is 1. The lowest BCUT2D eigenvalue weighted by Crippen LogP contribution is -2.72. The Hall–Kier alpha value is -2.72. The van der Waals surface area contributed by atoms with E-state index >= 15 is 0 Å². The van der Waals surface area contributed by atoms with Gasteiger partial charge in [-0.15, -0.1) is 0 Å². The molecule has 6 heteroatoms. The molecule has 1 saturated carbocycles. The number of nitrogens with one attached hydrogen (secondary N) is 1. The standard InChI is InChI=1S/C27H31N5O/c1-19-6-4-5-7-22(19)27(23-14-20(28-2)8-9-24(23)29-25(27)33)32-17-26(18-32)15-21(16-26)31-12-10-30(3)11-13-31/h4-9,14,21H,10-13,15-18H2,1,3H3,(H,29,33). The molecule has 6 nitrogen and oxygen atoms in total. The molecular weight excluding hydrogens is 410 g/mol. The number of aryl methyl sites for hydroxylation is 1. The van der Waals surface area contributed by atoms with E-state index in [9.17, 15) is 4.79 Å². The highest BCUT2D eigenvalue weighted by Gasteiger charge is 2.63. The van der Waals surface area contributed by atoms with Gasteiger partial charge in [0.05, 0.1) is 6.57 Å². The van der Waals surface area contributed by atoms with Crippen molar-refractivity contribution in [3.8, 4) is 0 Å². The number of amides is 1. The van der Waals surface area contributed by atoms with Crippen LogP contribution in [0.25, 0.3) is 4.85 Å². The highest BCUT2D eigenvalue weighted by molar-refractivity contribution is 6.09. The van der Waals surface area contributed by atoms with Crippen LogP contribution in [0.2, 0.25) is 0 Å². The van der Waals surface area contributed by atoms with Gasteiger partial charge < -0.3 is 10.2 Å². The van der Waals surface area contributed by atoms with Crippen molar-refractivity contribution in [2.75, 3.05) is 51.6 Å². The molecule has 6 rings (SSSR count). The summed E-state index contributed by atoms with van der Waals surface area (Å²) in [6.07, 6.45) is 2.46. The number of likely N-dealkylation sites (N-methyl/N-ethyl adjacent to an activating group) is 1. The monoisotopic (exact) mass is 441 g/mol. The van der Waals surface area contributed by atoms with Crippen molar-refractivity contribution in [2.24, 2.45) is 5.41 Å². The van der Waals surface area contributed by atoms with Gasteiger partial charge in [0.2, 0.25) is 0 Å². The van der Waals surface area contributed by atoms with E-state index < -0.39 is 5.54 Å². The SMILES string of the molecule is [C-]#[N+]c1ccc2c(c1)C(c1ccccc1C)(N1CC3(CC(N4CCN(C)CC4)C3)C1)C(=O)N2. The van der Waals surface area contributed by atoms with E-state index in [0.29, 0.717) is 17.1 Å². The molecule has 2 aromatic carbocycles. The maximum atomic E-state index is 13.8. The summed E-state index contributed by atoms with van der Waals surface area (Å²) >= 11 is 0. The van der Waals surface area contributed by atoms with E-state index in [1.807, 2.05) is 24.3 Å². The summed E-state index contributed by atoms with van der Waals surface area (Å²) in [4.78, 5) is 24.9. The van der Waals surface area contributed by atoms with Gasteiger partial charge in [-0.25, -0.2) is 4.85 Å². The minimum Gasteiger partial charge on any atom is -0.324 e. The van der Waals surface area contributed by atoms with E-state index in [1.54, 1.807) is 6.07 Å². The predicted octanol–water partition coefficient (Wildman–Crippen LogP) is 3.45. The van der Waals surface area contributed by atoms with Crippen LogP contribution in [0, 0.1) is 18.9 Å². The van der Waals surface area contributed by atoms with Gasteiger partial charge in [-0.2, -0.15) is 0 Å². The highest BCUT2D eigenvalue weighted by atomic mass is 16.2. The summed E-state index contributed by atoms with van der Waals surface area (Å²) in [6, 6.07) is 14.5. The number of hydrogen-bond donors (Lipinski definition) is 1. The van der Waals surface area contributed by atoms with E-state index in [-0.39, 0.29) is 5.91 Å². The molecule has 3 aliphatic heterocycles. The molecule has 1 amide bonds. The maximum Gasteiger partial charge on any atom is 0.254 e. The largest absolute Gasteiger partial charge is 0.324 e. The molecule has 1 unspecified atom stereocenters. The van der Waals surface area contributed by atoms with Crippen LogP contribution in [0.5, 0.6) is 0 Å². The number of piperazine rings is 1. The van der Waals surface area contributed by atoms with Gasteiger partial charge in [0, 0.05) is 51.0 Å². The van der Waals surface area contributed by atoms with Crippen LogP contribution in [0.4, 0.5) is 11.4 Å². The van der Waals surface area contributed by atoms with Crippen molar-refractivity contribution < 1.29 is 4.79 Å². The first kappa shape index (κ1) is 20.9. The minimum absolute atomic E-state index is 0.0127. The average molecular weight is 442 g/mol. The van der Waals surface area contributed by atoms with Crippen molar-refractivity contribution in [2.45, 2.75) is 31.3 Å². The Labute approximate surface area is 196 Å². The third-order valence-corrected chi connectivity index (χ3v) is 8.55. The summed E-state index contributed by atoms with van der Waals surface area (Å²) in [5.74, 6) is 0.0127. The van der Waals surface area contributed by atoms with Gasteiger partial charge in [-0.05, 0) is 61.1 Å². The third kappa shape index (κ3) is 3.00. The highest BCUT2D eigenvalue weighted by Crippen LogP contribution is 2.57. The number of hydrogen-bond acceptors (Lipinski definition) is 4. The molecular formula is C27H31N5O. The molecule has 33 heavy (non-hydrogen) atoms. The van der Waals surface area contributed by atoms with Gasteiger partial charge in [-0.3, -0.25) is 14.6 Å². The molecule has 1 N–H and O–H groups in total. The topological polar surface area (TPSA) is 43.2 Å². The van der Waals surface area contributed by atoms with Crippen LogP contribution < -0.4 is 5.32 Å². The Kier molecular flexibility index (Phi) is 4.67. The lowest BCUT2D eigenvalue weighted by Gasteiger charge is -2.65. The van der Waals surface area contributed by atoms with Crippen molar-refractivity contribution >= 4 is 17.3 Å². The smallest absolute Gasteiger partial charge is 0.254 e. The normalized spacial score (nSPS) is 27.5. The number of benzene rings is 2. The Morgan fingerprint density at radius 1 is 1.03 bits per heavy atom. The number of carbonyl (C=O) groups is 1. The number of carbonyl (C=O) groups excluding carboxylic acids is 1. The zero-order chi connectivity index (χ0) is 22.8. The number of rotatable bonds is 3. The van der Waals surface area contributed by atoms with Crippen LogP contribution in [-0.4, -0.2) is 73.0 Å².